The number of rotatable bonds is 6. The van der Waals surface area contributed by atoms with Crippen LogP contribution in [0.4, 0.5) is 4.79 Å². The van der Waals surface area contributed by atoms with Gasteiger partial charge in [0.05, 0.1) is 5.69 Å². The number of benzene rings is 1. The molecule has 1 N–H and O–H groups in total. The van der Waals surface area contributed by atoms with Crippen molar-refractivity contribution in [1.29, 1.82) is 0 Å². The summed E-state index contributed by atoms with van der Waals surface area (Å²) in [6.45, 7) is 2.65. The second-order valence-corrected chi connectivity index (χ2v) is 4.64. The third-order valence-corrected chi connectivity index (χ3v) is 3.07. The van der Waals surface area contributed by atoms with E-state index in [1.165, 1.54) is 4.68 Å². The molecule has 7 nitrogen and oxygen atoms in total. The van der Waals surface area contributed by atoms with E-state index in [0.29, 0.717) is 11.7 Å². The lowest BCUT2D eigenvalue weighted by atomic mass is 10.3. The monoisotopic (exact) mass is 293 g/mol. The molecule has 1 heterocycles. The molecule has 1 amide bonds. The van der Waals surface area contributed by atoms with Crippen molar-refractivity contribution in [2.45, 2.75) is 24.9 Å². The van der Waals surface area contributed by atoms with E-state index in [-0.39, 0.29) is 0 Å². The van der Waals surface area contributed by atoms with Crippen LogP contribution in [0.1, 0.15) is 19.8 Å². The van der Waals surface area contributed by atoms with E-state index >= 15 is 0 Å². The van der Waals surface area contributed by atoms with Gasteiger partial charge < -0.3 is 9.50 Å². The largest absolute Gasteiger partial charge is 0.419 e. The Balaban J connectivity index is 1.91. The van der Waals surface area contributed by atoms with Crippen LogP contribution in [0.15, 0.2) is 35.5 Å². The molecule has 2 rings (SSSR count). The predicted octanol–water partition coefficient (Wildman–Crippen LogP) is 2.20. The van der Waals surface area contributed by atoms with Crippen LogP contribution in [-0.2, 0) is 4.18 Å². The highest BCUT2D eigenvalue weighted by Crippen LogP contribution is 2.18. The Labute approximate surface area is 120 Å². The SMILES string of the molecule is CCCCNC(=O)OSc1nnnn1-c1ccccc1. The minimum Gasteiger partial charge on any atom is -0.366 e. The minimum atomic E-state index is -0.494. The summed E-state index contributed by atoms with van der Waals surface area (Å²) in [5, 5.41) is 14.3. The molecule has 0 fully saturated rings. The molecule has 1 aromatic heterocycles. The van der Waals surface area contributed by atoms with Gasteiger partial charge in [0.25, 0.3) is 5.16 Å². The van der Waals surface area contributed by atoms with Crippen molar-refractivity contribution in [3.8, 4) is 5.69 Å². The summed E-state index contributed by atoms with van der Waals surface area (Å²) in [6, 6.07) is 9.38. The lowest BCUT2D eigenvalue weighted by Crippen LogP contribution is -2.23. The van der Waals surface area contributed by atoms with Gasteiger partial charge in [0.15, 0.2) is 0 Å². The number of nitrogens with zero attached hydrogens (tertiary/aromatic N) is 4. The van der Waals surface area contributed by atoms with Crippen LogP contribution in [-0.4, -0.2) is 32.8 Å². The number of hydrogen-bond donors (Lipinski definition) is 1. The molecule has 2 aromatic rings. The van der Waals surface area contributed by atoms with Gasteiger partial charge in [-0.3, -0.25) is 0 Å². The number of nitrogens with one attached hydrogen (secondary N) is 1. The summed E-state index contributed by atoms with van der Waals surface area (Å²) in [4.78, 5) is 11.4. The molecule has 8 heteroatoms. The first-order valence-corrected chi connectivity index (χ1v) is 7.01. The van der Waals surface area contributed by atoms with Crippen molar-refractivity contribution in [1.82, 2.24) is 25.5 Å². The zero-order valence-electron chi connectivity index (χ0n) is 11.0. The van der Waals surface area contributed by atoms with Gasteiger partial charge in [0, 0.05) is 6.54 Å². The Hall–Kier alpha value is -2.09. The zero-order valence-corrected chi connectivity index (χ0v) is 11.8. The van der Waals surface area contributed by atoms with Crippen LogP contribution >= 0.6 is 12.0 Å². The van der Waals surface area contributed by atoms with E-state index in [4.69, 9.17) is 4.18 Å². The topological polar surface area (TPSA) is 81.9 Å². The van der Waals surface area contributed by atoms with Crippen molar-refractivity contribution in [3.63, 3.8) is 0 Å². The molecule has 106 valence electrons. The van der Waals surface area contributed by atoms with E-state index in [0.717, 1.165) is 30.6 Å². The first-order valence-electron chi connectivity index (χ1n) is 6.27. The van der Waals surface area contributed by atoms with E-state index in [1.807, 2.05) is 30.3 Å². The maximum Gasteiger partial charge on any atom is 0.419 e. The number of hydrogen-bond acceptors (Lipinski definition) is 6. The lowest BCUT2D eigenvalue weighted by molar-refractivity contribution is 0.208. The van der Waals surface area contributed by atoms with E-state index < -0.39 is 6.09 Å². The molecule has 0 spiro atoms. The Bertz CT molecular complexity index is 546. The first kappa shape index (κ1) is 14.3. The molecular weight excluding hydrogens is 278 g/mol. The van der Waals surface area contributed by atoms with Crippen LogP contribution in [0.2, 0.25) is 0 Å². The average molecular weight is 293 g/mol. The summed E-state index contributed by atoms with van der Waals surface area (Å²) in [7, 11) is 0. The quantitative estimate of drug-likeness (QED) is 0.649. The number of tetrazole rings is 1. The maximum atomic E-state index is 11.4. The van der Waals surface area contributed by atoms with Crippen molar-refractivity contribution in [2.75, 3.05) is 6.54 Å². The van der Waals surface area contributed by atoms with Gasteiger partial charge in [0.2, 0.25) is 0 Å². The van der Waals surface area contributed by atoms with E-state index in [9.17, 15) is 4.79 Å². The molecule has 0 unspecified atom stereocenters. The van der Waals surface area contributed by atoms with Gasteiger partial charge in [-0.2, -0.15) is 4.68 Å². The lowest BCUT2D eigenvalue weighted by Gasteiger charge is -2.05. The maximum absolute atomic E-state index is 11.4. The number of carbonyl (C=O) groups excluding carboxylic acids is 1. The van der Waals surface area contributed by atoms with Crippen LogP contribution in [0.3, 0.4) is 0 Å². The number of unbranched alkanes of at least 4 members (excludes halogenated alkanes) is 1. The Morgan fingerprint density at radius 3 is 2.95 bits per heavy atom. The molecule has 0 bridgehead atoms. The molecule has 20 heavy (non-hydrogen) atoms. The smallest absolute Gasteiger partial charge is 0.366 e. The predicted molar refractivity (Wildman–Crippen MR) is 74.4 cm³/mol. The number of amides is 1. The fourth-order valence-corrected chi connectivity index (χ4v) is 1.93. The second kappa shape index (κ2) is 7.49. The number of para-hydroxylation sites is 1. The van der Waals surface area contributed by atoms with Crippen LogP contribution in [0.25, 0.3) is 5.69 Å². The molecular formula is C12H15N5O2S. The molecule has 0 saturated carbocycles. The molecule has 0 radical (unpaired) electrons. The minimum absolute atomic E-state index is 0.391. The molecule has 0 saturated heterocycles. The first-order chi connectivity index (χ1) is 9.81. The van der Waals surface area contributed by atoms with Gasteiger partial charge in [-0.25, -0.2) is 4.79 Å². The summed E-state index contributed by atoms with van der Waals surface area (Å²) in [6.07, 6.45) is 1.44. The second-order valence-electron chi connectivity index (χ2n) is 3.94. The fourth-order valence-electron chi connectivity index (χ4n) is 1.43. The molecule has 0 aliphatic carbocycles. The Morgan fingerprint density at radius 1 is 1.40 bits per heavy atom. The average Bonchev–Trinajstić information content (AvgIpc) is 2.95. The standard InChI is InChI=1S/C12H15N5O2S/c1-2-3-9-13-12(18)19-20-11-14-15-16-17(11)10-7-5-4-6-8-10/h4-8H,2-3,9H2,1H3,(H,13,18). The summed E-state index contributed by atoms with van der Waals surface area (Å²) in [5.74, 6) is 0. The van der Waals surface area contributed by atoms with Crippen LogP contribution in [0.5, 0.6) is 0 Å². The van der Waals surface area contributed by atoms with Crippen molar-refractivity contribution in [3.05, 3.63) is 30.3 Å². The number of carbonyl (C=O) groups is 1. The van der Waals surface area contributed by atoms with Gasteiger partial charge in [-0.15, -0.1) is 0 Å². The van der Waals surface area contributed by atoms with E-state index in [1.54, 1.807) is 0 Å². The third-order valence-electron chi connectivity index (χ3n) is 2.43. The zero-order chi connectivity index (χ0) is 14.2. The highest BCUT2D eigenvalue weighted by atomic mass is 32.2. The molecule has 0 aliphatic heterocycles. The highest BCUT2D eigenvalue weighted by molar-refractivity contribution is 7.94. The third kappa shape index (κ3) is 3.95. The van der Waals surface area contributed by atoms with Crippen LogP contribution < -0.4 is 5.32 Å². The summed E-state index contributed by atoms with van der Waals surface area (Å²) in [5.41, 5.74) is 0.801. The molecule has 0 atom stereocenters. The highest BCUT2D eigenvalue weighted by Gasteiger charge is 2.12. The van der Waals surface area contributed by atoms with Crippen molar-refractivity contribution >= 4 is 18.1 Å². The fraction of sp³-hybridized carbons (Fsp3) is 0.333. The Kier molecular flexibility index (Phi) is 5.36. The summed E-state index contributed by atoms with van der Waals surface area (Å²) < 4.78 is 6.50. The van der Waals surface area contributed by atoms with Crippen molar-refractivity contribution < 1.29 is 8.98 Å². The van der Waals surface area contributed by atoms with Gasteiger partial charge in [-0.1, -0.05) is 36.6 Å². The number of aromatic nitrogens is 4. The Morgan fingerprint density at radius 2 is 2.20 bits per heavy atom. The normalized spacial score (nSPS) is 10.2. The van der Waals surface area contributed by atoms with E-state index in [2.05, 4.69) is 27.8 Å². The molecule has 0 aliphatic rings. The summed E-state index contributed by atoms with van der Waals surface area (Å²) >= 11 is 0.830. The molecule has 1 aromatic carbocycles. The van der Waals surface area contributed by atoms with Crippen LogP contribution in [0, 0.1) is 0 Å². The van der Waals surface area contributed by atoms with Gasteiger partial charge >= 0.3 is 6.09 Å². The van der Waals surface area contributed by atoms with Gasteiger partial charge in [0.1, 0.15) is 12.0 Å². The van der Waals surface area contributed by atoms with Crippen molar-refractivity contribution in [2.24, 2.45) is 0 Å². The van der Waals surface area contributed by atoms with Gasteiger partial charge in [-0.05, 0) is 29.0 Å².